The van der Waals surface area contributed by atoms with Crippen LogP contribution in [-0.2, 0) is 0 Å². The van der Waals surface area contributed by atoms with Crippen LogP contribution in [0.15, 0.2) is 54.6 Å². The summed E-state index contributed by atoms with van der Waals surface area (Å²) in [5.74, 6) is -0.269. The van der Waals surface area contributed by atoms with Gasteiger partial charge >= 0.3 is 6.03 Å². The van der Waals surface area contributed by atoms with Crippen molar-refractivity contribution in [2.45, 2.75) is 13.0 Å². The fourth-order valence-corrected chi connectivity index (χ4v) is 2.92. The number of carbonyl (C=O) groups is 1. The predicted molar refractivity (Wildman–Crippen MR) is 93.6 cm³/mol. The molecule has 0 radical (unpaired) electrons. The van der Waals surface area contributed by atoms with Crippen molar-refractivity contribution < 1.29 is 9.18 Å². The van der Waals surface area contributed by atoms with Gasteiger partial charge in [0.1, 0.15) is 5.82 Å². The second-order valence-electron chi connectivity index (χ2n) is 6.03. The Morgan fingerprint density at radius 3 is 2.25 bits per heavy atom. The number of halogens is 1. The van der Waals surface area contributed by atoms with Gasteiger partial charge in [-0.2, -0.15) is 0 Å². The zero-order chi connectivity index (χ0) is 16.9. The highest BCUT2D eigenvalue weighted by Gasteiger charge is 2.22. The van der Waals surface area contributed by atoms with Crippen LogP contribution in [0.25, 0.3) is 0 Å². The number of hydrogen-bond acceptors (Lipinski definition) is 2. The Hall–Kier alpha value is -2.56. The van der Waals surface area contributed by atoms with Crippen molar-refractivity contribution >= 4 is 11.7 Å². The molecular weight excluding hydrogens is 305 g/mol. The number of para-hydroxylation sites is 1. The number of urea groups is 1. The van der Waals surface area contributed by atoms with Crippen molar-refractivity contribution in [2.24, 2.45) is 0 Å². The molecule has 0 saturated carbocycles. The molecule has 0 bridgehead atoms. The molecule has 1 fully saturated rings. The molecule has 1 N–H and O–H groups in total. The number of benzene rings is 2. The third-order valence-corrected chi connectivity index (χ3v) is 4.40. The number of amides is 2. The molecule has 2 aromatic carbocycles. The molecule has 0 aliphatic carbocycles. The van der Waals surface area contributed by atoms with Crippen LogP contribution in [0.4, 0.5) is 14.9 Å². The Morgan fingerprint density at radius 1 is 1.00 bits per heavy atom. The van der Waals surface area contributed by atoms with Gasteiger partial charge in [-0.15, -0.1) is 0 Å². The largest absolute Gasteiger partial charge is 0.368 e. The maximum atomic E-state index is 13.0. The van der Waals surface area contributed by atoms with E-state index >= 15 is 0 Å². The summed E-state index contributed by atoms with van der Waals surface area (Å²) < 4.78 is 13.0. The van der Waals surface area contributed by atoms with Crippen molar-refractivity contribution in [1.82, 2.24) is 10.2 Å². The highest BCUT2D eigenvalue weighted by molar-refractivity contribution is 5.75. The lowest BCUT2D eigenvalue weighted by molar-refractivity contribution is 0.191. The number of rotatable bonds is 3. The first kappa shape index (κ1) is 16.3. The Kier molecular flexibility index (Phi) is 4.99. The minimum absolute atomic E-state index is 0.0699. The molecule has 1 atom stereocenters. The lowest BCUT2D eigenvalue weighted by atomic mass is 10.1. The van der Waals surface area contributed by atoms with Gasteiger partial charge in [0.2, 0.25) is 0 Å². The van der Waals surface area contributed by atoms with Gasteiger partial charge in [-0.1, -0.05) is 30.3 Å². The molecule has 2 aromatic rings. The van der Waals surface area contributed by atoms with E-state index in [-0.39, 0.29) is 17.9 Å². The molecule has 0 spiro atoms. The number of carbonyl (C=O) groups excluding carboxylic acids is 1. The van der Waals surface area contributed by atoms with E-state index in [2.05, 4.69) is 22.3 Å². The van der Waals surface area contributed by atoms with Crippen LogP contribution in [0, 0.1) is 5.82 Å². The summed E-state index contributed by atoms with van der Waals surface area (Å²) in [6.07, 6.45) is 0. The van der Waals surface area contributed by atoms with E-state index in [4.69, 9.17) is 0 Å². The van der Waals surface area contributed by atoms with Crippen molar-refractivity contribution in [1.29, 1.82) is 0 Å². The van der Waals surface area contributed by atoms with Gasteiger partial charge in [0, 0.05) is 31.9 Å². The molecule has 1 heterocycles. The molecule has 1 aliphatic heterocycles. The average molecular weight is 327 g/mol. The maximum absolute atomic E-state index is 13.0. The van der Waals surface area contributed by atoms with E-state index in [9.17, 15) is 9.18 Å². The zero-order valence-electron chi connectivity index (χ0n) is 13.8. The highest BCUT2D eigenvalue weighted by Crippen LogP contribution is 2.17. The highest BCUT2D eigenvalue weighted by atomic mass is 19.1. The summed E-state index contributed by atoms with van der Waals surface area (Å²) in [5.41, 5.74) is 2.09. The standard InChI is InChI=1S/C19H22FN3O/c1-15(16-7-9-17(20)10-8-16)21-19(24)23-13-11-22(12-14-23)18-5-3-2-4-6-18/h2-10,15H,11-14H2,1H3,(H,21,24). The van der Waals surface area contributed by atoms with E-state index in [1.165, 1.54) is 17.8 Å². The van der Waals surface area contributed by atoms with Crippen LogP contribution < -0.4 is 10.2 Å². The molecule has 3 rings (SSSR count). The molecular formula is C19H22FN3O. The second-order valence-corrected chi connectivity index (χ2v) is 6.03. The number of anilines is 1. The lowest BCUT2D eigenvalue weighted by Gasteiger charge is -2.36. The molecule has 4 nitrogen and oxygen atoms in total. The fraction of sp³-hybridized carbons (Fsp3) is 0.316. The van der Waals surface area contributed by atoms with Crippen LogP contribution in [0.1, 0.15) is 18.5 Å². The molecule has 24 heavy (non-hydrogen) atoms. The van der Waals surface area contributed by atoms with Crippen molar-refractivity contribution in [3.63, 3.8) is 0 Å². The quantitative estimate of drug-likeness (QED) is 0.937. The summed E-state index contributed by atoms with van der Waals surface area (Å²) in [5, 5.41) is 2.99. The topological polar surface area (TPSA) is 35.6 Å². The minimum Gasteiger partial charge on any atom is -0.368 e. The molecule has 2 amide bonds. The van der Waals surface area contributed by atoms with Crippen LogP contribution in [0.3, 0.4) is 0 Å². The Morgan fingerprint density at radius 2 is 1.62 bits per heavy atom. The molecule has 1 aliphatic rings. The second kappa shape index (κ2) is 7.34. The van der Waals surface area contributed by atoms with E-state index < -0.39 is 0 Å². The van der Waals surface area contributed by atoms with E-state index in [0.29, 0.717) is 13.1 Å². The first-order valence-electron chi connectivity index (χ1n) is 8.24. The van der Waals surface area contributed by atoms with Crippen molar-refractivity contribution in [2.75, 3.05) is 31.1 Å². The fourth-order valence-electron chi connectivity index (χ4n) is 2.92. The third kappa shape index (κ3) is 3.85. The van der Waals surface area contributed by atoms with Crippen molar-refractivity contribution in [3.05, 3.63) is 66.0 Å². The number of piperazine rings is 1. The first-order chi connectivity index (χ1) is 11.6. The number of nitrogens with one attached hydrogen (secondary N) is 1. The molecule has 0 aromatic heterocycles. The van der Waals surface area contributed by atoms with Crippen LogP contribution >= 0.6 is 0 Å². The van der Waals surface area contributed by atoms with Crippen molar-refractivity contribution in [3.8, 4) is 0 Å². The summed E-state index contributed by atoms with van der Waals surface area (Å²) in [4.78, 5) is 16.5. The van der Waals surface area contributed by atoms with E-state index in [0.717, 1.165) is 18.7 Å². The maximum Gasteiger partial charge on any atom is 0.317 e. The normalized spacial score (nSPS) is 15.9. The van der Waals surface area contributed by atoms with Crippen LogP contribution in [0.2, 0.25) is 0 Å². The Labute approximate surface area is 141 Å². The summed E-state index contributed by atoms with van der Waals surface area (Å²) in [6, 6.07) is 16.2. The van der Waals surface area contributed by atoms with E-state index in [1.807, 2.05) is 30.0 Å². The van der Waals surface area contributed by atoms with Gasteiger partial charge in [-0.25, -0.2) is 9.18 Å². The monoisotopic (exact) mass is 327 g/mol. The van der Waals surface area contributed by atoms with E-state index in [1.54, 1.807) is 12.1 Å². The predicted octanol–water partition coefficient (Wildman–Crippen LogP) is 3.42. The third-order valence-electron chi connectivity index (χ3n) is 4.40. The summed E-state index contributed by atoms with van der Waals surface area (Å²) in [6.45, 7) is 4.93. The molecule has 126 valence electrons. The summed E-state index contributed by atoms with van der Waals surface area (Å²) >= 11 is 0. The molecule has 1 unspecified atom stereocenters. The minimum atomic E-state index is -0.269. The Balaban J connectivity index is 1.52. The SMILES string of the molecule is CC(NC(=O)N1CCN(c2ccccc2)CC1)c1ccc(F)cc1. The van der Waals surface area contributed by atoms with Gasteiger partial charge in [-0.3, -0.25) is 0 Å². The van der Waals surface area contributed by atoms with Gasteiger partial charge in [0.05, 0.1) is 6.04 Å². The number of nitrogens with zero attached hydrogens (tertiary/aromatic N) is 2. The smallest absolute Gasteiger partial charge is 0.317 e. The Bertz CT molecular complexity index is 667. The summed E-state index contributed by atoms with van der Waals surface area (Å²) in [7, 11) is 0. The van der Waals surface area contributed by atoms with Crippen LogP contribution in [0.5, 0.6) is 0 Å². The molecule has 1 saturated heterocycles. The van der Waals surface area contributed by atoms with Gasteiger partial charge in [0.25, 0.3) is 0 Å². The molecule has 5 heteroatoms. The van der Waals surface area contributed by atoms with Gasteiger partial charge in [0.15, 0.2) is 0 Å². The van der Waals surface area contributed by atoms with Gasteiger partial charge < -0.3 is 15.1 Å². The number of hydrogen-bond donors (Lipinski definition) is 1. The van der Waals surface area contributed by atoms with Crippen LogP contribution in [-0.4, -0.2) is 37.1 Å². The first-order valence-corrected chi connectivity index (χ1v) is 8.24. The zero-order valence-corrected chi connectivity index (χ0v) is 13.8. The average Bonchev–Trinajstić information content (AvgIpc) is 2.63. The lowest BCUT2D eigenvalue weighted by Crippen LogP contribution is -2.52. The van der Waals surface area contributed by atoms with Gasteiger partial charge in [-0.05, 0) is 36.8 Å².